The highest BCUT2D eigenvalue weighted by Crippen LogP contribution is 2.57. The Bertz CT molecular complexity index is 534. The van der Waals surface area contributed by atoms with Gasteiger partial charge in [0, 0.05) is 0 Å². The average Bonchev–Trinajstić information content (AvgIpc) is 2.49. The van der Waals surface area contributed by atoms with E-state index in [1.54, 1.807) is 0 Å². The number of alkyl halides is 2. The molecule has 1 aliphatic heterocycles. The number of carbonyl (C=O) groups excluding carboxylic acids is 3. The fraction of sp³-hybridized carbons (Fsp3) is 0.667. The van der Waals surface area contributed by atoms with Gasteiger partial charge >= 0.3 is 0 Å². The van der Waals surface area contributed by atoms with Crippen LogP contribution in [0.2, 0.25) is 0 Å². The molecule has 112 valence electrons. The van der Waals surface area contributed by atoms with Crippen LogP contribution < -0.4 is 0 Å². The smallest absolute Gasteiger partial charge is 0.271 e. The molecule has 5 atom stereocenters. The van der Waals surface area contributed by atoms with Crippen LogP contribution in [-0.4, -0.2) is 71.1 Å². The van der Waals surface area contributed by atoms with Gasteiger partial charge in [0.1, 0.15) is 6.10 Å². The van der Waals surface area contributed by atoms with Crippen molar-refractivity contribution < 1.29 is 39.5 Å². The third-order valence-corrected chi connectivity index (χ3v) is 5.20. The molecule has 2 rings (SSSR count). The molecular weight excluding hydrogens is 339 g/mol. The van der Waals surface area contributed by atoms with Gasteiger partial charge in [-0.15, -0.1) is 12.6 Å². The molecule has 0 aromatic carbocycles. The van der Waals surface area contributed by atoms with Gasteiger partial charge in [-0.25, -0.2) is 0 Å². The molecular formula is C9H8Cl2O8S. The van der Waals surface area contributed by atoms with Crippen LogP contribution in [0.3, 0.4) is 0 Å². The maximum Gasteiger partial charge on any atom is 0.271 e. The number of aliphatic hydroxyl groups excluding tert-OH is 1. The second-order valence-corrected chi connectivity index (χ2v) is 6.18. The number of rotatable bonds is 1. The number of carbonyl (C=O) groups is 3. The monoisotopic (exact) mass is 346 g/mol. The van der Waals surface area contributed by atoms with E-state index in [-0.39, 0.29) is 0 Å². The van der Waals surface area contributed by atoms with Gasteiger partial charge in [0.25, 0.3) is 11.6 Å². The first-order chi connectivity index (χ1) is 8.89. The lowest BCUT2D eigenvalue weighted by Gasteiger charge is -2.54. The molecule has 2 fully saturated rings. The van der Waals surface area contributed by atoms with Gasteiger partial charge in [0.15, 0.2) is 0 Å². The molecule has 0 radical (unpaired) electrons. The minimum absolute atomic E-state index is 1.05. The molecule has 11 heteroatoms. The average molecular weight is 347 g/mol. The Morgan fingerprint density at radius 2 is 1.65 bits per heavy atom. The molecule has 1 saturated heterocycles. The molecule has 1 unspecified atom stereocenters. The lowest BCUT2D eigenvalue weighted by Crippen LogP contribution is -2.80. The van der Waals surface area contributed by atoms with Gasteiger partial charge in [-0.2, -0.15) is 0 Å². The van der Waals surface area contributed by atoms with Gasteiger partial charge < -0.3 is 25.2 Å². The van der Waals surface area contributed by atoms with Crippen molar-refractivity contribution in [3.8, 4) is 0 Å². The van der Waals surface area contributed by atoms with Gasteiger partial charge in [-0.1, -0.05) is 23.2 Å². The number of aliphatic hydroxyl groups is 4. The standard InChI is InChI=1S/C9H8Cl2O8S/c10-7(17)2(1-12)19-8(20)5(15)3(13)4(14)6(8,16)9(7,11)18/h2,12,16-18,20H,1H2/t2-,6+,7+,8?,9-/m1/s1. The zero-order chi connectivity index (χ0) is 15.7. The summed E-state index contributed by atoms with van der Waals surface area (Å²) < 4.78 is 4.80. The summed E-state index contributed by atoms with van der Waals surface area (Å²) in [7, 11) is 0. The number of hydrogen-bond acceptors (Lipinski definition) is 9. The molecule has 1 saturated carbocycles. The first-order valence-electron chi connectivity index (χ1n) is 5.09. The molecule has 0 spiro atoms. The Balaban J connectivity index is 2.77. The van der Waals surface area contributed by atoms with E-state index < -0.39 is 50.7 Å². The van der Waals surface area contributed by atoms with Crippen molar-refractivity contribution in [1.29, 1.82) is 0 Å². The van der Waals surface area contributed by atoms with Crippen molar-refractivity contribution in [2.75, 3.05) is 6.61 Å². The normalized spacial score (nSPS) is 52.4. The number of halogens is 2. The van der Waals surface area contributed by atoms with Crippen LogP contribution in [0.15, 0.2) is 0 Å². The summed E-state index contributed by atoms with van der Waals surface area (Å²) in [5, 5.41) is 32.8. The van der Waals surface area contributed by atoms with Crippen molar-refractivity contribution in [1.82, 2.24) is 0 Å². The zero-order valence-electron chi connectivity index (χ0n) is 9.41. The van der Waals surface area contributed by atoms with E-state index in [1.807, 2.05) is 0 Å². The summed E-state index contributed by atoms with van der Waals surface area (Å²) in [6.45, 7) is -1.05. The zero-order valence-corrected chi connectivity index (χ0v) is 11.8. The first kappa shape index (κ1) is 16.1. The van der Waals surface area contributed by atoms with Crippen LogP contribution in [0.5, 0.6) is 0 Å². The van der Waals surface area contributed by atoms with E-state index in [9.17, 15) is 29.7 Å². The van der Waals surface area contributed by atoms with E-state index in [0.29, 0.717) is 0 Å². The summed E-state index contributed by atoms with van der Waals surface area (Å²) in [5.74, 6) is -5.16. The fourth-order valence-electron chi connectivity index (χ4n) is 2.16. The summed E-state index contributed by atoms with van der Waals surface area (Å²) in [5.41, 5.74) is -3.43. The van der Waals surface area contributed by atoms with Crippen molar-refractivity contribution in [2.45, 2.75) is 26.8 Å². The molecule has 0 amide bonds. The fourth-order valence-corrected chi connectivity index (χ4v) is 3.31. The minimum Gasteiger partial charge on any atom is -0.394 e. The summed E-state index contributed by atoms with van der Waals surface area (Å²) in [6.07, 6.45) is -1.91. The lowest BCUT2D eigenvalue weighted by molar-refractivity contribution is -0.290. The third kappa shape index (κ3) is 1.39. The largest absolute Gasteiger partial charge is 0.394 e. The van der Waals surface area contributed by atoms with E-state index in [1.165, 1.54) is 0 Å². The number of thiol groups is 1. The maximum absolute atomic E-state index is 11.7. The van der Waals surface area contributed by atoms with Gasteiger partial charge in [-0.3, -0.25) is 14.4 Å². The third-order valence-electron chi connectivity index (χ3n) is 3.39. The molecule has 8 nitrogen and oxygen atoms in total. The predicted octanol–water partition coefficient (Wildman–Crippen LogP) is -2.69. The van der Waals surface area contributed by atoms with Crippen LogP contribution in [-0.2, 0) is 19.1 Å². The quantitative estimate of drug-likeness (QED) is 0.196. The predicted molar refractivity (Wildman–Crippen MR) is 65.3 cm³/mol. The number of fused-ring (bicyclic) bond motifs is 1. The first-order valence-corrected chi connectivity index (χ1v) is 6.29. The number of Topliss-reactive ketones (excluding diaryl/α,β-unsaturated/α-hetero) is 3. The molecule has 1 aliphatic carbocycles. The summed E-state index contributed by atoms with van der Waals surface area (Å²) in [4.78, 5) is 32.0. The molecule has 4 N–H and O–H groups in total. The van der Waals surface area contributed by atoms with Crippen molar-refractivity contribution >= 4 is 53.2 Å². The van der Waals surface area contributed by atoms with E-state index in [2.05, 4.69) is 12.6 Å². The van der Waals surface area contributed by atoms with Gasteiger partial charge in [0.2, 0.25) is 26.4 Å². The Kier molecular flexibility index (Phi) is 3.34. The summed E-state index contributed by atoms with van der Waals surface area (Å²) >= 11 is 14.7. The molecule has 0 aromatic heterocycles. The second-order valence-electron chi connectivity index (χ2n) is 4.43. The van der Waals surface area contributed by atoms with Gasteiger partial charge in [0.05, 0.1) is 6.61 Å². The molecule has 0 aromatic rings. The Morgan fingerprint density at radius 3 is 2.10 bits per heavy atom. The van der Waals surface area contributed by atoms with E-state index in [0.717, 1.165) is 0 Å². The molecule has 0 bridgehead atoms. The van der Waals surface area contributed by atoms with Crippen molar-refractivity contribution in [2.24, 2.45) is 0 Å². The highest BCUT2D eigenvalue weighted by atomic mass is 35.5. The molecule has 2 aliphatic rings. The molecule has 20 heavy (non-hydrogen) atoms. The minimum atomic E-state index is -3.43. The van der Waals surface area contributed by atoms with Crippen molar-refractivity contribution in [3.05, 3.63) is 0 Å². The number of hydrogen-bond donors (Lipinski definition) is 5. The van der Waals surface area contributed by atoms with Crippen LogP contribution in [0.4, 0.5) is 0 Å². The van der Waals surface area contributed by atoms with Crippen LogP contribution in [0.1, 0.15) is 0 Å². The SMILES string of the molecule is O=C1C(=O)C2(S)O[C@H](CO)[C@@](O)(Cl)[C@@](O)(Cl)[C@]2(O)C1=O. The summed E-state index contributed by atoms with van der Waals surface area (Å²) in [6, 6.07) is 0. The van der Waals surface area contributed by atoms with Crippen LogP contribution >= 0.6 is 35.8 Å². The van der Waals surface area contributed by atoms with Crippen molar-refractivity contribution in [3.63, 3.8) is 0 Å². The lowest BCUT2D eigenvalue weighted by atomic mass is 9.81. The topological polar surface area (TPSA) is 141 Å². The van der Waals surface area contributed by atoms with E-state index >= 15 is 0 Å². The van der Waals surface area contributed by atoms with Crippen LogP contribution in [0.25, 0.3) is 0 Å². The Morgan fingerprint density at radius 1 is 1.15 bits per heavy atom. The van der Waals surface area contributed by atoms with Gasteiger partial charge in [-0.05, 0) is 0 Å². The van der Waals surface area contributed by atoms with E-state index in [4.69, 9.17) is 33.0 Å². The Labute approximate surface area is 126 Å². The highest BCUT2D eigenvalue weighted by molar-refractivity contribution is 7.83. The molecule has 1 heterocycles. The Hall–Kier alpha value is -0.260. The highest BCUT2D eigenvalue weighted by Gasteiger charge is 2.86. The maximum atomic E-state index is 11.7. The second kappa shape index (κ2) is 4.14. The van der Waals surface area contributed by atoms with Crippen LogP contribution in [0, 0.1) is 0 Å². The number of ether oxygens (including phenoxy) is 1. The number of ketones is 3.